The lowest BCUT2D eigenvalue weighted by Crippen LogP contribution is -2.40. The van der Waals surface area contributed by atoms with E-state index in [1.807, 2.05) is 6.07 Å². The number of hydrogen-bond acceptors (Lipinski definition) is 4. The fourth-order valence-electron chi connectivity index (χ4n) is 4.21. The third-order valence-electron chi connectivity index (χ3n) is 5.57. The molecule has 1 aromatic carbocycles. The molecule has 0 saturated heterocycles. The van der Waals surface area contributed by atoms with Crippen molar-refractivity contribution in [1.29, 1.82) is 0 Å². The van der Waals surface area contributed by atoms with E-state index in [1.165, 1.54) is 11.3 Å². The normalized spacial score (nSPS) is 24.7. The van der Waals surface area contributed by atoms with Gasteiger partial charge in [-0.2, -0.15) is 0 Å². The Balaban J connectivity index is 1.40. The van der Waals surface area contributed by atoms with Crippen LogP contribution in [0.4, 0.5) is 5.13 Å². The number of halogens is 2. The van der Waals surface area contributed by atoms with Gasteiger partial charge in [-0.15, -0.1) is 11.3 Å². The second-order valence-corrected chi connectivity index (χ2v) is 9.39. The van der Waals surface area contributed by atoms with E-state index in [0.717, 1.165) is 29.7 Å². The first-order valence-corrected chi connectivity index (χ1v) is 10.8. The number of anilines is 1. The molecule has 2 atom stereocenters. The number of amides is 1. The van der Waals surface area contributed by atoms with Gasteiger partial charge >= 0.3 is 0 Å². The summed E-state index contributed by atoms with van der Waals surface area (Å²) in [6, 6.07) is 5.39. The third-order valence-corrected chi connectivity index (χ3v) is 7.09. The molecule has 2 saturated carbocycles. The molecule has 1 heterocycles. The summed E-state index contributed by atoms with van der Waals surface area (Å²) in [5.74, 6) is 0.421. The van der Waals surface area contributed by atoms with Gasteiger partial charge in [0, 0.05) is 45.3 Å². The highest BCUT2D eigenvalue weighted by molar-refractivity contribution is 7.15. The summed E-state index contributed by atoms with van der Waals surface area (Å²) in [5, 5.41) is 4.85. The highest BCUT2D eigenvalue weighted by Crippen LogP contribution is 2.40. The molecule has 2 unspecified atom stereocenters. The van der Waals surface area contributed by atoms with Crippen LogP contribution in [0.2, 0.25) is 10.0 Å². The first-order chi connectivity index (χ1) is 13.0. The molecule has 1 amide bonds. The average Bonchev–Trinajstić information content (AvgIpc) is 3.05. The van der Waals surface area contributed by atoms with Crippen molar-refractivity contribution >= 4 is 51.4 Å². The first-order valence-electron chi connectivity index (χ1n) is 9.23. The van der Waals surface area contributed by atoms with Gasteiger partial charge in [0.15, 0.2) is 5.13 Å². The van der Waals surface area contributed by atoms with E-state index < -0.39 is 0 Å². The van der Waals surface area contributed by atoms with Crippen LogP contribution in [0.5, 0.6) is 0 Å². The molecule has 0 aliphatic heterocycles. The van der Waals surface area contributed by atoms with Crippen molar-refractivity contribution in [3.8, 4) is 0 Å². The second kappa shape index (κ2) is 7.90. The number of hydrogen-bond donors (Lipinski definition) is 1. The van der Waals surface area contributed by atoms with Crippen LogP contribution in [-0.2, 0) is 16.0 Å². The molecule has 27 heavy (non-hydrogen) atoms. The smallest absolute Gasteiger partial charge is 0.229 e. The summed E-state index contributed by atoms with van der Waals surface area (Å²) in [6.07, 6.45) is 6.71. The molecule has 2 aliphatic rings. The molecule has 2 bridgehead atoms. The number of thiazole rings is 1. The molecule has 0 spiro atoms. The minimum absolute atomic E-state index is 0.0129. The highest BCUT2D eigenvalue weighted by atomic mass is 35.5. The zero-order chi connectivity index (χ0) is 19.0. The molecule has 1 N–H and O–H groups in total. The van der Waals surface area contributed by atoms with Gasteiger partial charge in [0.1, 0.15) is 5.78 Å². The minimum Gasteiger partial charge on any atom is -0.302 e. The van der Waals surface area contributed by atoms with Gasteiger partial charge in [0.2, 0.25) is 5.91 Å². The molecule has 142 valence electrons. The van der Waals surface area contributed by atoms with Crippen molar-refractivity contribution in [2.75, 3.05) is 5.32 Å². The molecule has 4 rings (SSSR count). The quantitative estimate of drug-likeness (QED) is 0.719. The van der Waals surface area contributed by atoms with Crippen LogP contribution in [0.25, 0.3) is 0 Å². The molecule has 2 aliphatic carbocycles. The Bertz CT molecular complexity index is 867. The summed E-state index contributed by atoms with van der Waals surface area (Å²) in [7, 11) is 0. The Kier molecular flexibility index (Phi) is 5.53. The van der Waals surface area contributed by atoms with Gasteiger partial charge in [0.05, 0.1) is 0 Å². The Morgan fingerprint density at radius 1 is 1.22 bits per heavy atom. The van der Waals surface area contributed by atoms with E-state index in [1.54, 1.807) is 18.3 Å². The summed E-state index contributed by atoms with van der Waals surface area (Å²) < 4.78 is 0. The lowest BCUT2D eigenvalue weighted by atomic mass is 9.67. The fraction of sp³-hybridized carbons (Fsp3) is 0.450. The van der Waals surface area contributed by atoms with E-state index >= 15 is 0 Å². The molecule has 2 aromatic rings. The van der Waals surface area contributed by atoms with Gasteiger partial charge in [-0.05, 0) is 49.4 Å². The van der Waals surface area contributed by atoms with Crippen LogP contribution < -0.4 is 5.32 Å². The number of carbonyl (C=O) groups is 2. The number of rotatable bonds is 4. The Labute approximate surface area is 172 Å². The van der Waals surface area contributed by atoms with Gasteiger partial charge in [-0.1, -0.05) is 29.6 Å². The summed E-state index contributed by atoms with van der Waals surface area (Å²) in [6.45, 7) is 0. The lowest BCUT2D eigenvalue weighted by Gasteiger charge is -2.36. The van der Waals surface area contributed by atoms with E-state index in [-0.39, 0.29) is 23.7 Å². The third kappa shape index (κ3) is 4.20. The topological polar surface area (TPSA) is 59.1 Å². The Morgan fingerprint density at radius 2 is 1.96 bits per heavy atom. The van der Waals surface area contributed by atoms with Crippen molar-refractivity contribution < 1.29 is 9.59 Å². The van der Waals surface area contributed by atoms with Crippen molar-refractivity contribution in [2.24, 2.45) is 17.8 Å². The predicted molar refractivity (Wildman–Crippen MR) is 109 cm³/mol. The summed E-state index contributed by atoms with van der Waals surface area (Å²) >= 11 is 13.7. The van der Waals surface area contributed by atoms with Gasteiger partial charge < -0.3 is 5.32 Å². The summed E-state index contributed by atoms with van der Waals surface area (Å²) in [4.78, 5) is 30.2. The lowest BCUT2D eigenvalue weighted by molar-refractivity contribution is -0.136. The largest absolute Gasteiger partial charge is 0.302 e. The predicted octanol–water partition coefficient (Wildman–Crippen LogP) is 5.37. The summed E-state index contributed by atoms with van der Waals surface area (Å²) in [5.41, 5.74) is 0.935. The maximum absolute atomic E-state index is 12.7. The van der Waals surface area contributed by atoms with E-state index in [9.17, 15) is 9.59 Å². The number of ketones is 1. The van der Waals surface area contributed by atoms with Crippen molar-refractivity contribution in [3.63, 3.8) is 0 Å². The molecular formula is C20H20Cl2N2O2S. The Hall–Kier alpha value is -1.43. The van der Waals surface area contributed by atoms with E-state index in [4.69, 9.17) is 23.2 Å². The van der Waals surface area contributed by atoms with E-state index in [0.29, 0.717) is 40.2 Å². The van der Waals surface area contributed by atoms with Crippen molar-refractivity contribution in [3.05, 3.63) is 44.9 Å². The van der Waals surface area contributed by atoms with Crippen LogP contribution in [0.1, 0.15) is 42.5 Å². The van der Waals surface area contributed by atoms with Crippen molar-refractivity contribution in [1.82, 2.24) is 4.98 Å². The van der Waals surface area contributed by atoms with Gasteiger partial charge in [-0.3, -0.25) is 9.59 Å². The first kappa shape index (κ1) is 18.9. The highest BCUT2D eigenvalue weighted by Gasteiger charge is 2.41. The SMILES string of the molecule is O=C(Nc1ncc(Cc2cc(Cl)ccc2Cl)s1)C1CC2CCCC(C1)C2=O. The number of nitrogens with zero attached hydrogens (tertiary/aromatic N) is 1. The zero-order valence-electron chi connectivity index (χ0n) is 14.7. The van der Waals surface area contributed by atoms with Crippen LogP contribution >= 0.6 is 34.5 Å². The second-order valence-electron chi connectivity index (χ2n) is 7.43. The molecule has 7 heteroatoms. The minimum atomic E-state index is -0.0901. The number of nitrogens with one attached hydrogen (secondary N) is 1. The van der Waals surface area contributed by atoms with Gasteiger partial charge in [-0.25, -0.2) is 4.98 Å². The number of benzene rings is 1. The van der Waals surface area contributed by atoms with Crippen LogP contribution in [0.15, 0.2) is 24.4 Å². The molecular weight excluding hydrogens is 403 g/mol. The number of aromatic nitrogens is 1. The number of fused-ring (bicyclic) bond motifs is 2. The van der Waals surface area contributed by atoms with E-state index in [2.05, 4.69) is 10.3 Å². The molecule has 2 fully saturated rings. The zero-order valence-corrected chi connectivity index (χ0v) is 17.0. The maximum atomic E-state index is 12.7. The van der Waals surface area contributed by atoms with Crippen molar-refractivity contribution in [2.45, 2.75) is 38.5 Å². The van der Waals surface area contributed by atoms with Crippen LogP contribution in [-0.4, -0.2) is 16.7 Å². The number of carbonyl (C=O) groups excluding carboxylic acids is 2. The van der Waals surface area contributed by atoms with Crippen LogP contribution in [0.3, 0.4) is 0 Å². The average molecular weight is 423 g/mol. The molecule has 0 radical (unpaired) electrons. The van der Waals surface area contributed by atoms with Crippen LogP contribution in [0, 0.1) is 17.8 Å². The maximum Gasteiger partial charge on any atom is 0.229 e. The van der Waals surface area contributed by atoms with Gasteiger partial charge in [0.25, 0.3) is 0 Å². The monoisotopic (exact) mass is 422 g/mol. The molecule has 4 nitrogen and oxygen atoms in total. The molecule has 1 aromatic heterocycles. The standard InChI is InChI=1S/C20H20Cl2N2O2S/c21-15-4-5-17(22)13(8-15)9-16-10-23-20(27-16)24-19(26)14-6-11-2-1-3-12(7-14)18(11)25/h4-5,8,10-12,14H,1-3,6-7,9H2,(H,23,24,26). The Morgan fingerprint density at radius 3 is 2.70 bits per heavy atom. The number of Topliss-reactive ketones (excluding diaryl/α,β-unsaturated/α-hetero) is 1. The fourth-order valence-corrected chi connectivity index (χ4v) is 5.43.